The van der Waals surface area contributed by atoms with E-state index in [0.717, 1.165) is 12.1 Å². The average molecular weight is 528 g/mol. The lowest BCUT2D eigenvalue weighted by Gasteiger charge is -2.41. The topological polar surface area (TPSA) is 236 Å². The van der Waals surface area contributed by atoms with Crippen LogP contribution in [0.1, 0.15) is 22.0 Å². The normalized spacial score (nSPS) is 25.3. The van der Waals surface area contributed by atoms with E-state index in [1.165, 1.54) is 25.3 Å². The average Bonchev–Trinajstić information content (AvgIpc) is 2.88. The van der Waals surface area contributed by atoms with Crippen molar-refractivity contribution in [1.29, 1.82) is 0 Å². The molecule has 0 spiro atoms. The van der Waals surface area contributed by atoms with E-state index in [4.69, 9.17) is 18.9 Å². The molecule has 0 radical (unpaired) electrons. The van der Waals surface area contributed by atoms with E-state index in [1.54, 1.807) is 0 Å². The summed E-state index contributed by atoms with van der Waals surface area (Å²) in [4.78, 5) is 12.3. The second kappa shape index (κ2) is 11.8. The number of aliphatic hydroxyl groups is 5. The van der Waals surface area contributed by atoms with Gasteiger partial charge in [-0.1, -0.05) is 6.07 Å². The molecule has 204 valence electrons. The highest BCUT2D eigenvalue weighted by Gasteiger charge is 2.46. The Kier molecular flexibility index (Phi) is 8.98. The quantitative estimate of drug-likeness (QED) is 0.134. The number of phenolic OH excluding ortho intramolecular Hbond substituents is 4. The molecule has 1 aliphatic rings. The number of carbonyl (C=O) groups is 1. The fourth-order valence-corrected chi connectivity index (χ4v) is 3.61. The number of esters is 1. The van der Waals surface area contributed by atoms with Crippen LogP contribution in [0, 0.1) is 0 Å². The number of carbonyl (C=O) groups excluding carboxylic acids is 1. The standard InChI is InChI=1S/C23H28O14/c1-34-14-6-9(2-3-11(14)25)17(28)15(7-24)36-23-21(32)20(31)19(30)16(37-23)8-35-22(33)10-4-12(26)18(29)13(27)5-10/h2-6,15-17,19-21,23-32H,7-8H2,1H3. The Morgan fingerprint density at radius 3 is 2.22 bits per heavy atom. The van der Waals surface area contributed by atoms with E-state index >= 15 is 0 Å². The van der Waals surface area contributed by atoms with Gasteiger partial charge in [0.1, 0.15) is 43.2 Å². The first-order chi connectivity index (χ1) is 17.5. The van der Waals surface area contributed by atoms with E-state index in [2.05, 4.69) is 0 Å². The first-order valence-corrected chi connectivity index (χ1v) is 10.9. The molecule has 0 bridgehead atoms. The van der Waals surface area contributed by atoms with Gasteiger partial charge in [-0.25, -0.2) is 4.79 Å². The van der Waals surface area contributed by atoms with Gasteiger partial charge in [-0.05, 0) is 29.8 Å². The Bertz CT molecular complexity index is 1070. The molecular weight excluding hydrogens is 500 g/mol. The van der Waals surface area contributed by atoms with Gasteiger partial charge in [0.2, 0.25) is 0 Å². The van der Waals surface area contributed by atoms with Gasteiger partial charge in [0.05, 0.1) is 19.3 Å². The molecule has 7 unspecified atom stereocenters. The van der Waals surface area contributed by atoms with E-state index in [9.17, 15) is 50.8 Å². The Morgan fingerprint density at radius 2 is 1.62 bits per heavy atom. The van der Waals surface area contributed by atoms with E-state index in [0.29, 0.717) is 0 Å². The number of phenols is 4. The van der Waals surface area contributed by atoms with Gasteiger partial charge in [0.25, 0.3) is 0 Å². The lowest BCUT2D eigenvalue weighted by Crippen LogP contribution is -2.60. The van der Waals surface area contributed by atoms with Crippen molar-refractivity contribution in [3.8, 4) is 28.7 Å². The van der Waals surface area contributed by atoms with Crippen molar-refractivity contribution in [3.05, 3.63) is 41.5 Å². The highest BCUT2D eigenvalue weighted by molar-refractivity contribution is 5.91. The largest absolute Gasteiger partial charge is 0.504 e. The van der Waals surface area contributed by atoms with Crippen LogP contribution in [0.5, 0.6) is 28.7 Å². The maximum Gasteiger partial charge on any atom is 0.338 e. The number of methoxy groups -OCH3 is 1. The number of aromatic hydroxyl groups is 4. The van der Waals surface area contributed by atoms with Crippen molar-refractivity contribution < 1.29 is 69.7 Å². The van der Waals surface area contributed by atoms with Crippen LogP contribution in [-0.4, -0.2) is 109 Å². The summed E-state index contributed by atoms with van der Waals surface area (Å²) in [5.41, 5.74) is -0.176. The summed E-state index contributed by atoms with van der Waals surface area (Å²) in [7, 11) is 1.30. The molecule has 37 heavy (non-hydrogen) atoms. The minimum Gasteiger partial charge on any atom is -0.504 e. The SMILES string of the molecule is COc1cc(C(O)C(CO)OC2OC(COC(=O)c3cc(O)c(O)c(O)c3)C(O)C(O)C2O)ccc1O. The highest BCUT2D eigenvalue weighted by atomic mass is 16.7. The molecule has 1 fully saturated rings. The molecule has 1 saturated heterocycles. The van der Waals surface area contributed by atoms with Crippen molar-refractivity contribution in [3.63, 3.8) is 0 Å². The molecule has 7 atom stereocenters. The number of hydrogen-bond donors (Lipinski definition) is 9. The minimum atomic E-state index is -1.84. The fourth-order valence-electron chi connectivity index (χ4n) is 3.61. The van der Waals surface area contributed by atoms with Crippen LogP contribution in [0.4, 0.5) is 0 Å². The van der Waals surface area contributed by atoms with Crippen LogP contribution in [0.25, 0.3) is 0 Å². The first-order valence-electron chi connectivity index (χ1n) is 10.9. The van der Waals surface area contributed by atoms with Crippen LogP contribution >= 0.6 is 0 Å². The molecule has 1 aliphatic heterocycles. The molecular formula is C23H28O14. The summed E-state index contributed by atoms with van der Waals surface area (Å²) in [5, 5.41) is 89.5. The predicted octanol–water partition coefficient (Wildman–Crippen LogP) is -1.41. The van der Waals surface area contributed by atoms with Crippen molar-refractivity contribution in [2.75, 3.05) is 20.3 Å². The number of aliphatic hydroxyl groups excluding tert-OH is 5. The lowest BCUT2D eigenvalue weighted by atomic mass is 9.99. The third-order valence-electron chi connectivity index (χ3n) is 5.74. The van der Waals surface area contributed by atoms with Gasteiger partial charge < -0.3 is 64.9 Å². The summed E-state index contributed by atoms with van der Waals surface area (Å²) < 4.78 is 20.9. The van der Waals surface area contributed by atoms with Gasteiger partial charge in [-0.15, -0.1) is 0 Å². The van der Waals surface area contributed by atoms with Gasteiger partial charge in [-0.2, -0.15) is 0 Å². The Balaban J connectivity index is 1.70. The molecule has 9 N–H and O–H groups in total. The van der Waals surface area contributed by atoms with Crippen LogP contribution in [0.2, 0.25) is 0 Å². The molecule has 14 nitrogen and oxygen atoms in total. The zero-order valence-electron chi connectivity index (χ0n) is 19.4. The second-order valence-corrected chi connectivity index (χ2v) is 8.21. The van der Waals surface area contributed by atoms with E-state index in [1.807, 2.05) is 0 Å². The highest BCUT2D eigenvalue weighted by Crippen LogP contribution is 2.36. The van der Waals surface area contributed by atoms with Crippen molar-refractivity contribution in [1.82, 2.24) is 0 Å². The zero-order valence-corrected chi connectivity index (χ0v) is 19.4. The van der Waals surface area contributed by atoms with E-state index in [-0.39, 0.29) is 22.6 Å². The van der Waals surface area contributed by atoms with Crippen molar-refractivity contribution in [2.24, 2.45) is 0 Å². The number of hydrogen-bond acceptors (Lipinski definition) is 14. The van der Waals surface area contributed by atoms with E-state index < -0.39 is 79.3 Å². The molecule has 0 aromatic heterocycles. The fraction of sp³-hybridized carbons (Fsp3) is 0.435. The van der Waals surface area contributed by atoms with Crippen molar-refractivity contribution >= 4 is 5.97 Å². The second-order valence-electron chi connectivity index (χ2n) is 8.21. The van der Waals surface area contributed by atoms with Crippen LogP contribution in [-0.2, 0) is 14.2 Å². The molecule has 2 aromatic carbocycles. The number of benzene rings is 2. The molecule has 0 amide bonds. The molecule has 3 rings (SSSR count). The smallest absolute Gasteiger partial charge is 0.338 e. The number of rotatable bonds is 9. The third kappa shape index (κ3) is 6.14. The minimum absolute atomic E-state index is 0.0397. The summed E-state index contributed by atoms with van der Waals surface area (Å²) >= 11 is 0. The summed E-state index contributed by atoms with van der Waals surface area (Å²) in [6.07, 6.45) is -11.5. The first kappa shape index (κ1) is 28.2. The van der Waals surface area contributed by atoms with Crippen LogP contribution < -0.4 is 4.74 Å². The molecule has 14 heteroatoms. The molecule has 1 heterocycles. The summed E-state index contributed by atoms with van der Waals surface area (Å²) in [6.45, 7) is -1.46. The molecule has 0 saturated carbocycles. The monoisotopic (exact) mass is 528 g/mol. The van der Waals surface area contributed by atoms with Gasteiger partial charge in [0, 0.05) is 0 Å². The Hall–Kier alpha value is -3.37. The number of ether oxygens (including phenoxy) is 4. The lowest BCUT2D eigenvalue weighted by molar-refractivity contribution is -0.319. The Morgan fingerprint density at radius 1 is 0.973 bits per heavy atom. The summed E-state index contributed by atoms with van der Waals surface area (Å²) in [5.74, 6) is -3.66. The van der Waals surface area contributed by atoms with Gasteiger partial charge >= 0.3 is 5.97 Å². The third-order valence-corrected chi connectivity index (χ3v) is 5.74. The maximum absolute atomic E-state index is 12.3. The zero-order chi connectivity index (χ0) is 27.4. The molecule has 2 aromatic rings. The van der Waals surface area contributed by atoms with Crippen LogP contribution in [0.15, 0.2) is 30.3 Å². The Labute approximate surface area is 209 Å². The predicted molar refractivity (Wildman–Crippen MR) is 120 cm³/mol. The van der Waals surface area contributed by atoms with Gasteiger partial charge in [0.15, 0.2) is 35.0 Å². The van der Waals surface area contributed by atoms with Gasteiger partial charge in [-0.3, -0.25) is 0 Å². The maximum atomic E-state index is 12.3. The van der Waals surface area contributed by atoms with Crippen molar-refractivity contribution in [2.45, 2.75) is 42.9 Å². The molecule has 0 aliphatic carbocycles. The summed E-state index contributed by atoms with van der Waals surface area (Å²) in [6, 6.07) is 5.53. The van der Waals surface area contributed by atoms with Crippen LogP contribution in [0.3, 0.4) is 0 Å².